The summed E-state index contributed by atoms with van der Waals surface area (Å²) in [6.45, 7) is 3.22. The normalized spacial score (nSPS) is 11.9. The fraction of sp³-hybridized carbons (Fsp3) is 0.263. The van der Waals surface area contributed by atoms with Crippen molar-refractivity contribution in [1.82, 2.24) is 4.40 Å². The molecule has 0 atom stereocenters. The molecule has 3 nitrogen and oxygen atoms in total. The predicted molar refractivity (Wildman–Crippen MR) is 89.6 cm³/mol. The van der Waals surface area contributed by atoms with Crippen LogP contribution in [-0.4, -0.2) is 4.40 Å². The number of nitrogens with zero attached hydrogens (tertiary/aromatic N) is 2. The summed E-state index contributed by atoms with van der Waals surface area (Å²) in [5, 5.41) is 2.31. The van der Waals surface area contributed by atoms with Crippen LogP contribution in [-0.2, 0) is 6.54 Å². The summed E-state index contributed by atoms with van der Waals surface area (Å²) in [6, 6.07) is 13.9. The zero-order valence-electron chi connectivity index (χ0n) is 12.7. The molecule has 0 bridgehead atoms. The summed E-state index contributed by atoms with van der Waals surface area (Å²) in [4.78, 5) is 12.4. The van der Waals surface area contributed by atoms with Crippen molar-refractivity contribution in [2.45, 2.75) is 32.7 Å². The molecule has 0 spiro atoms. The van der Waals surface area contributed by atoms with Crippen LogP contribution in [0.3, 0.4) is 0 Å². The van der Waals surface area contributed by atoms with Gasteiger partial charge < -0.3 is 0 Å². The van der Waals surface area contributed by atoms with Crippen molar-refractivity contribution in [3.8, 4) is 0 Å². The second-order valence-electron chi connectivity index (χ2n) is 5.89. The van der Waals surface area contributed by atoms with E-state index < -0.39 is 0 Å². The molecule has 22 heavy (non-hydrogen) atoms. The average molecular weight is 291 g/mol. The summed E-state index contributed by atoms with van der Waals surface area (Å²) in [5.74, 6) is 0. The van der Waals surface area contributed by atoms with Crippen molar-refractivity contribution in [3.05, 3.63) is 59.0 Å². The minimum absolute atomic E-state index is 0.0463. The number of hydrogen-bond donors (Lipinski definition) is 0. The van der Waals surface area contributed by atoms with Crippen molar-refractivity contribution in [3.63, 3.8) is 0 Å². The van der Waals surface area contributed by atoms with Gasteiger partial charge in [-0.05, 0) is 12.5 Å². The number of aromatic nitrogens is 2. The van der Waals surface area contributed by atoms with E-state index in [2.05, 4.69) is 29.8 Å². The van der Waals surface area contributed by atoms with Crippen LogP contribution in [0.2, 0.25) is 0 Å². The van der Waals surface area contributed by atoms with E-state index in [4.69, 9.17) is 0 Å². The molecular weight excluding hydrogens is 272 g/mol. The maximum Gasteiger partial charge on any atom is 0.256 e. The van der Waals surface area contributed by atoms with Gasteiger partial charge in [-0.25, -0.2) is 0 Å². The van der Waals surface area contributed by atoms with Crippen LogP contribution in [0, 0.1) is 0 Å². The van der Waals surface area contributed by atoms with Crippen molar-refractivity contribution in [2.75, 3.05) is 0 Å². The lowest BCUT2D eigenvalue weighted by atomic mass is 10.1. The number of fused-ring (bicyclic) bond motifs is 3. The minimum Gasteiger partial charge on any atom is -0.270 e. The highest BCUT2D eigenvalue weighted by atomic mass is 16.1. The third-order valence-corrected chi connectivity index (χ3v) is 4.49. The lowest BCUT2D eigenvalue weighted by Gasteiger charge is -2.02. The molecule has 0 fully saturated rings. The Bertz CT molecular complexity index is 1020. The van der Waals surface area contributed by atoms with Gasteiger partial charge >= 0.3 is 0 Å². The molecule has 0 aliphatic carbocycles. The number of aryl methyl sites for hydroxylation is 1. The van der Waals surface area contributed by atoms with Crippen LogP contribution >= 0.6 is 0 Å². The molecule has 0 radical (unpaired) electrons. The molecule has 0 saturated carbocycles. The van der Waals surface area contributed by atoms with Crippen molar-refractivity contribution in [1.29, 1.82) is 0 Å². The number of unbranched alkanes of at least 4 members (excludes halogenated alkanes) is 2. The first-order valence-electron chi connectivity index (χ1n) is 7.99. The van der Waals surface area contributed by atoms with Gasteiger partial charge in [0.05, 0.1) is 5.52 Å². The highest BCUT2D eigenvalue weighted by Gasteiger charge is 2.18. The maximum atomic E-state index is 12.4. The quantitative estimate of drug-likeness (QED) is 0.417. The van der Waals surface area contributed by atoms with Gasteiger partial charge in [0.25, 0.3) is 5.56 Å². The Balaban J connectivity index is 2.07. The molecule has 4 rings (SSSR count). The molecule has 0 aliphatic rings. The number of hydrogen-bond acceptors (Lipinski definition) is 1. The summed E-state index contributed by atoms with van der Waals surface area (Å²) in [6.07, 6.45) is 5.77. The standard InChI is InChI=1S/C19H19N2O/c1-2-3-6-12-20-13-11-15-14-7-4-5-8-16(14)21-18(22)10-9-17(20)19(15)21/h4-5,7-11,13H,2-3,6,12H2,1H3/q+1. The highest BCUT2D eigenvalue weighted by Crippen LogP contribution is 2.28. The molecule has 0 N–H and O–H groups in total. The molecule has 3 heterocycles. The topological polar surface area (TPSA) is 25.4 Å². The Morgan fingerprint density at radius 1 is 1.00 bits per heavy atom. The molecular formula is C19H19N2O+. The van der Waals surface area contributed by atoms with Gasteiger partial charge in [0.2, 0.25) is 5.52 Å². The van der Waals surface area contributed by atoms with Crippen LogP contribution < -0.4 is 10.1 Å². The van der Waals surface area contributed by atoms with E-state index in [0.717, 1.165) is 33.9 Å². The zero-order valence-corrected chi connectivity index (χ0v) is 12.7. The zero-order chi connectivity index (χ0) is 15.1. The SMILES string of the molecule is CCCCC[n+]1ccc2c3ccccc3n3c(=O)ccc1c23. The summed E-state index contributed by atoms with van der Waals surface area (Å²) >= 11 is 0. The molecule has 0 aliphatic heterocycles. The number of benzene rings is 1. The van der Waals surface area contributed by atoms with Gasteiger partial charge in [-0.3, -0.25) is 9.20 Å². The first-order chi connectivity index (χ1) is 10.8. The Morgan fingerprint density at radius 3 is 2.73 bits per heavy atom. The third kappa shape index (κ3) is 1.82. The molecule has 4 aromatic rings. The Labute approximate surface area is 128 Å². The number of rotatable bonds is 4. The van der Waals surface area contributed by atoms with Gasteiger partial charge in [0.1, 0.15) is 12.1 Å². The van der Waals surface area contributed by atoms with Crippen LogP contribution in [0.15, 0.2) is 53.5 Å². The molecule has 0 saturated heterocycles. The van der Waals surface area contributed by atoms with E-state index in [1.807, 2.05) is 28.7 Å². The summed E-state index contributed by atoms with van der Waals surface area (Å²) in [5.41, 5.74) is 3.24. The van der Waals surface area contributed by atoms with Crippen LogP contribution in [0.4, 0.5) is 0 Å². The lowest BCUT2D eigenvalue weighted by Crippen LogP contribution is -2.35. The fourth-order valence-corrected chi connectivity index (χ4v) is 3.42. The van der Waals surface area contributed by atoms with Crippen molar-refractivity contribution < 1.29 is 4.57 Å². The Hall–Kier alpha value is -2.42. The number of para-hydroxylation sites is 1. The monoisotopic (exact) mass is 291 g/mol. The third-order valence-electron chi connectivity index (χ3n) is 4.49. The molecule has 3 heteroatoms. The smallest absolute Gasteiger partial charge is 0.256 e. The summed E-state index contributed by atoms with van der Waals surface area (Å²) in [7, 11) is 0. The second-order valence-corrected chi connectivity index (χ2v) is 5.89. The van der Waals surface area contributed by atoms with Gasteiger partial charge in [-0.2, -0.15) is 4.57 Å². The molecule has 110 valence electrons. The summed E-state index contributed by atoms with van der Waals surface area (Å²) < 4.78 is 4.13. The van der Waals surface area contributed by atoms with Gasteiger partial charge in [-0.1, -0.05) is 31.5 Å². The van der Waals surface area contributed by atoms with E-state index in [-0.39, 0.29) is 5.56 Å². The van der Waals surface area contributed by atoms with E-state index in [1.165, 1.54) is 19.3 Å². The van der Waals surface area contributed by atoms with Crippen LogP contribution in [0.1, 0.15) is 26.2 Å². The first-order valence-corrected chi connectivity index (χ1v) is 7.99. The molecule has 3 aromatic heterocycles. The Kier molecular flexibility index (Phi) is 3.07. The van der Waals surface area contributed by atoms with E-state index in [0.29, 0.717) is 0 Å². The fourth-order valence-electron chi connectivity index (χ4n) is 3.42. The van der Waals surface area contributed by atoms with E-state index >= 15 is 0 Å². The second kappa shape index (κ2) is 5.09. The van der Waals surface area contributed by atoms with E-state index in [9.17, 15) is 4.79 Å². The van der Waals surface area contributed by atoms with Crippen LogP contribution in [0.25, 0.3) is 27.3 Å². The highest BCUT2D eigenvalue weighted by molar-refractivity contribution is 6.11. The minimum atomic E-state index is 0.0463. The molecule has 1 aromatic carbocycles. The molecule has 0 unspecified atom stereocenters. The molecule has 0 amide bonds. The van der Waals surface area contributed by atoms with Crippen molar-refractivity contribution >= 4 is 27.3 Å². The number of pyridine rings is 2. The maximum absolute atomic E-state index is 12.4. The largest absolute Gasteiger partial charge is 0.270 e. The lowest BCUT2D eigenvalue weighted by molar-refractivity contribution is -0.671. The van der Waals surface area contributed by atoms with Gasteiger partial charge in [0.15, 0.2) is 6.20 Å². The van der Waals surface area contributed by atoms with Crippen molar-refractivity contribution in [2.24, 2.45) is 0 Å². The van der Waals surface area contributed by atoms with Crippen LogP contribution in [0.5, 0.6) is 0 Å². The van der Waals surface area contributed by atoms with Gasteiger partial charge in [-0.15, -0.1) is 0 Å². The van der Waals surface area contributed by atoms with Gasteiger partial charge in [0, 0.05) is 35.4 Å². The Morgan fingerprint density at radius 2 is 1.86 bits per heavy atom. The van der Waals surface area contributed by atoms with E-state index in [1.54, 1.807) is 6.07 Å². The first kappa shape index (κ1) is 13.3. The average Bonchev–Trinajstić information content (AvgIpc) is 2.88. The predicted octanol–water partition coefficient (Wildman–Crippen LogP) is 3.52.